The van der Waals surface area contributed by atoms with Gasteiger partial charge in [0.25, 0.3) is 0 Å². The highest BCUT2D eigenvalue weighted by Crippen LogP contribution is 2.30. The smallest absolute Gasteiger partial charge is 0.233 e. The molecule has 0 fully saturated rings. The summed E-state index contributed by atoms with van der Waals surface area (Å²) < 4.78 is 19.5. The third kappa shape index (κ3) is 3.50. The van der Waals surface area contributed by atoms with Crippen molar-refractivity contribution in [3.63, 3.8) is 0 Å². The van der Waals surface area contributed by atoms with E-state index in [1.54, 1.807) is 29.4 Å². The normalized spacial score (nSPS) is 11.0. The van der Waals surface area contributed by atoms with Crippen molar-refractivity contribution >= 4 is 32.6 Å². The minimum absolute atomic E-state index is 0.118. The molecule has 0 aliphatic rings. The molecule has 0 radical (unpaired) electrons. The molecule has 2 aromatic heterocycles. The van der Waals surface area contributed by atoms with Crippen LogP contribution >= 0.6 is 11.3 Å². The fourth-order valence-electron chi connectivity index (χ4n) is 2.67. The SMILES string of the molecule is O=C(Cc1ccc(F)cc1)N(Cc1ccco1)c1nc2ccccc2s1. The Morgan fingerprint density at radius 2 is 1.88 bits per heavy atom. The van der Waals surface area contributed by atoms with Gasteiger partial charge in [-0.25, -0.2) is 9.37 Å². The van der Waals surface area contributed by atoms with E-state index in [-0.39, 0.29) is 18.1 Å². The van der Waals surface area contributed by atoms with Crippen molar-refractivity contribution in [3.05, 3.63) is 84.1 Å². The second-order valence-electron chi connectivity index (χ2n) is 5.83. The Labute approximate surface area is 153 Å². The number of carbonyl (C=O) groups is 1. The van der Waals surface area contributed by atoms with E-state index in [2.05, 4.69) is 4.98 Å². The van der Waals surface area contributed by atoms with Crippen molar-refractivity contribution in [2.75, 3.05) is 4.90 Å². The summed E-state index contributed by atoms with van der Waals surface area (Å²) in [5.74, 6) is 0.239. The molecule has 0 saturated carbocycles. The van der Waals surface area contributed by atoms with Crippen molar-refractivity contribution in [2.24, 2.45) is 0 Å². The summed E-state index contributed by atoms with van der Waals surface area (Å²) in [6, 6.07) is 17.3. The van der Waals surface area contributed by atoms with Crippen molar-refractivity contribution in [1.82, 2.24) is 4.98 Å². The Balaban J connectivity index is 1.65. The van der Waals surface area contributed by atoms with E-state index in [9.17, 15) is 9.18 Å². The maximum Gasteiger partial charge on any atom is 0.233 e. The molecular formula is C20H15FN2O2S. The van der Waals surface area contributed by atoms with Crippen LogP contribution in [0.3, 0.4) is 0 Å². The number of para-hydroxylation sites is 1. The highest BCUT2D eigenvalue weighted by Gasteiger charge is 2.21. The van der Waals surface area contributed by atoms with Gasteiger partial charge in [-0.05, 0) is 42.0 Å². The summed E-state index contributed by atoms with van der Waals surface area (Å²) in [4.78, 5) is 19.2. The molecule has 1 amide bonds. The molecule has 4 aromatic rings. The molecule has 6 heteroatoms. The van der Waals surface area contributed by atoms with Crippen LogP contribution in [0.4, 0.5) is 9.52 Å². The van der Waals surface area contributed by atoms with Crippen LogP contribution in [0.2, 0.25) is 0 Å². The summed E-state index contributed by atoms with van der Waals surface area (Å²) in [7, 11) is 0. The Bertz CT molecular complexity index is 993. The number of benzene rings is 2. The van der Waals surface area contributed by atoms with E-state index in [0.29, 0.717) is 17.4 Å². The highest BCUT2D eigenvalue weighted by atomic mass is 32.1. The highest BCUT2D eigenvalue weighted by molar-refractivity contribution is 7.22. The number of hydrogen-bond donors (Lipinski definition) is 0. The van der Waals surface area contributed by atoms with E-state index < -0.39 is 0 Å². The zero-order valence-electron chi connectivity index (χ0n) is 13.8. The Kier molecular flexibility index (Phi) is 4.50. The van der Waals surface area contributed by atoms with Crippen LogP contribution in [0.1, 0.15) is 11.3 Å². The molecule has 0 aliphatic carbocycles. The molecule has 0 aliphatic heterocycles. The molecule has 0 bridgehead atoms. The van der Waals surface area contributed by atoms with Crippen molar-refractivity contribution in [3.8, 4) is 0 Å². The van der Waals surface area contributed by atoms with E-state index in [0.717, 1.165) is 15.8 Å². The quantitative estimate of drug-likeness (QED) is 0.509. The number of carbonyl (C=O) groups excluding carboxylic acids is 1. The van der Waals surface area contributed by atoms with Crippen molar-refractivity contribution in [1.29, 1.82) is 0 Å². The van der Waals surface area contributed by atoms with Gasteiger partial charge in [-0.3, -0.25) is 9.69 Å². The number of aromatic nitrogens is 1. The minimum atomic E-state index is -0.320. The van der Waals surface area contributed by atoms with Gasteiger partial charge in [0.2, 0.25) is 5.91 Å². The first kappa shape index (κ1) is 16.5. The number of fused-ring (bicyclic) bond motifs is 1. The molecular weight excluding hydrogens is 351 g/mol. The number of amides is 1. The number of anilines is 1. The van der Waals surface area contributed by atoms with Gasteiger partial charge in [0, 0.05) is 0 Å². The van der Waals surface area contributed by atoms with Gasteiger partial charge in [0.15, 0.2) is 5.13 Å². The van der Waals surface area contributed by atoms with Gasteiger partial charge < -0.3 is 4.42 Å². The zero-order chi connectivity index (χ0) is 17.9. The maximum absolute atomic E-state index is 13.1. The van der Waals surface area contributed by atoms with Crippen LogP contribution in [0, 0.1) is 5.82 Å². The summed E-state index contributed by atoms with van der Waals surface area (Å²) >= 11 is 1.46. The third-order valence-electron chi connectivity index (χ3n) is 3.98. The first-order valence-electron chi connectivity index (χ1n) is 8.12. The van der Waals surface area contributed by atoms with E-state index in [4.69, 9.17) is 4.42 Å². The molecule has 2 aromatic carbocycles. The van der Waals surface area contributed by atoms with Gasteiger partial charge in [-0.1, -0.05) is 35.6 Å². The van der Waals surface area contributed by atoms with E-state index in [1.807, 2.05) is 30.3 Å². The molecule has 0 saturated heterocycles. The van der Waals surface area contributed by atoms with Crippen LogP contribution in [0.15, 0.2) is 71.3 Å². The predicted molar refractivity (Wildman–Crippen MR) is 99.6 cm³/mol. The largest absolute Gasteiger partial charge is 0.467 e. The third-order valence-corrected chi connectivity index (χ3v) is 5.04. The summed E-state index contributed by atoms with van der Waals surface area (Å²) in [5.41, 5.74) is 1.61. The van der Waals surface area contributed by atoms with Crippen molar-refractivity contribution in [2.45, 2.75) is 13.0 Å². The molecule has 130 valence electrons. The molecule has 26 heavy (non-hydrogen) atoms. The first-order chi connectivity index (χ1) is 12.7. The lowest BCUT2D eigenvalue weighted by Gasteiger charge is -2.18. The van der Waals surface area contributed by atoms with Crippen LogP contribution in [0.5, 0.6) is 0 Å². The van der Waals surface area contributed by atoms with Crippen LogP contribution in [0.25, 0.3) is 10.2 Å². The second kappa shape index (κ2) is 7.09. The Hall–Kier alpha value is -2.99. The molecule has 0 atom stereocenters. The second-order valence-corrected chi connectivity index (χ2v) is 6.84. The number of hydrogen-bond acceptors (Lipinski definition) is 4. The monoisotopic (exact) mass is 366 g/mol. The molecule has 4 nitrogen and oxygen atoms in total. The number of thiazole rings is 1. The molecule has 0 spiro atoms. The molecule has 4 rings (SSSR count). The lowest BCUT2D eigenvalue weighted by molar-refractivity contribution is -0.118. The van der Waals surface area contributed by atoms with Gasteiger partial charge in [0.05, 0.1) is 29.4 Å². The fraction of sp³-hybridized carbons (Fsp3) is 0.100. The van der Waals surface area contributed by atoms with Crippen LogP contribution < -0.4 is 4.90 Å². The molecule has 0 unspecified atom stereocenters. The topological polar surface area (TPSA) is 46.3 Å². The van der Waals surface area contributed by atoms with E-state index >= 15 is 0 Å². The van der Waals surface area contributed by atoms with Crippen LogP contribution in [-0.2, 0) is 17.8 Å². The van der Waals surface area contributed by atoms with Gasteiger partial charge in [-0.15, -0.1) is 0 Å². The van der Waals surface area contributed by atoms with Gasteiger partial charge in [-0.2, -0.15) is 0 Å². The maximum atomic E-state index is 13.1. The summed E-state index contributed by atoms with van der Waals surface area (Å²) in [6.07, 6.45) is 1.74. The lowest BCUT2D eigenvalue weighted by atomic mass is 10.1. The van der Waals surface area contributed by atoms with Gasteiger partial charge in [0.1, 0.15) is 11.6 Å². The number of nitrogens with zero attached hydrogens (tertiary/aromatic N) is 2. The standard InChI is InChI=1S/C20H15FN2O2S/c21-15-9-7-14(8-10-15)12-19(24)23(13-16-4-3-11-25-16)20-22-17-5-1-2-6-18(17)26-20/h1-11H,12-13H2. The summed E-state index contributed by atoms with van der Waals surface area (Å²) in [5, 5.41) is 0.620. The lowest BCUT2D eigenvalue weighted by Crippen LogP contribution is -2.31. The summed E-state index contributed by atoms with van der Waals surface area (Å²) in [6.45, 7) is 0.298. The number of rotatable bonds is 5. The Morgan fingerprint density at radius 1 is 1.08 bits per heavy atom. The van der Waals surface area contributed by atoms with E-state index in [1.165, 1.54) is 23.5 Å². The van der Waals surface area contributed by atoms with Gasteiger partial charge >= 0.3 is 0 Å². The fourth-order valence-corrected chi connectivity index (χ4v) is 3.65. The Morgan fingerprint density at radius 3 is 2.62 bits per heavy atom. The molecule has 2 heterocycles. The minimum Gasteiger partial charge on any atom is -0.467 e. The van der Waals surface area contributed by atoms with Crippen molar-refractivity contribution < 1.29 is 13.6 Å². The predicted octanol–water partition coefficient (Wildman–Crippen LogP) is 4.80. The zero-order valence-corrected chi connectivity index (χ0v) is 14.6. The first-order valence-corrected chi connectivity index (χ1v) is 8.93. The van der Waals surface area contributed by atoms with Crippen LogP contribution in [-0.4, -0.2) is 10.9 Å². The number of halogens is 1. The number of furan rings is 1. The molecule has 0 N–H and O–H groups in total. The average Bonchev–Trinajstić information content (AvgIpc) is 3.30. The average molecular weight is 366 g/mol.